The minimum absolute atomic E-state index is 0.0574. The van der Waals surface area contributed by atoms with Crippen LogP contribution in [0.1, 0.15) is 24.5 Å². The Labute approximate surface area is 191 Å². The number of carbonyl (C=O) groups is 2. The largest absolute Gasteiger partial charge is 0.496 e. The Bertz CT molecular complexity index is 1110. The summed E-state index contributed by atoms with van der Waals surface area (Å²) >= 11 is 1.52. The molecule has 0 bridgehead atoms. The number of fused-ring (bicyclic) bond motifs is 1. The first-order valence-corrected chi connectivity index (χ1v) is 11.3. The molecule has 1 unspecified atom stereocenters. The smallest absolute Gasteiger partial charge is 0.338 e. The van der Waals surface area contributed by atoms with E-state index in [1.54, 1.807) is 18.9 Å². The van der Waals surface area contributed by atoms with Crippen LogP contribution in [0.5, 0.6) is 5.75 Å². The van der Waals surface area contributed by atoms with Gasteiger partial charge in [0, 0.05) is 17.7 Å². The highest BCUT2D eigenvalue weighted by Gasteiger charge is 2.39. The molecule has 0 saturated carbocycles. The van der Waals surface area contributed by atoms with E-state index in [4.69, 9.17) is 9.47 Å². The van der Waals surface area contributed by atoms with Crippen molar-refractivity contribution in [3.8, 4) is 5.75 Å². The summed E-state index contributed by atoms with van der Waals surface area (Å²) in [6.07, 6.45) is 4.11. The van der Waals surface area contributed by atoms with Crippen LogP contribution in [0.15, 0.2) is 76.9 Å². The Morgan fingerprint density at radius 2 is 1.94 bits per heavy atom. The summed E-state index contributed by atoms with van der Waals surface area (Å²) in [5.41, 5.74) is 2.67. The molecule has 0 aromatic heterocycles. The first kappa shape index (κ1) is 21.9. The quantitative estimate of drug-likeness (QED) is 0.612. The SMILES string of the molecule is COc1ccccc1C=CC1C(C(=O)OCc2ccccc2)=C(C)N=C2SCCC(=O)N21. The number of esters is 1. The number of carbonyl (C=O) groups excluding carboxylic acids is 2. The Balaban J connectivity index is 1.67. The van der Waals surface area contributed by atoms with E-state index in [0.717, 1.165) is 11.1 Å². The number of nitrogens with zero attached hydrogens (tertiary/aromatic N) is 2. The van der Waals surface area contributed by atoms with Crippen molar-refractivity contribution < 1.29 is 19.1 Å². The maximum absolute atomic E-state index is 13.2. The molecule has 0 N–H and O–H groups in total. The van der Waals surface area contributed by atoms with E-state index in [0.29, 0.717) is 34.4 Å². The second kappa shape index (κ2) is 9.87. The van der Waals surface area contributed by atoms with E-state index in [9.17, 15) is 9.59 Å². The lowest BCUT2D eigenvalue weighted by Gasteiger charge is -2.37. The molecule has 2 aliphatic heterocycles. The van der Waals surface area contributed by atoms with E-state index < -0.39 is 12.0 Å². The van der Waals surface area contributed by atoms with Crippen molar-refractivity contribution in [3.05, 3.63) is 83.1 Å². The highest BCUT2D eigenvalue weighted by atomic mass is 32.2. The standard InChI is InChI=1S/C25H24N2O4S/c1-17-23(24(29)31-16-18-8-4-3-5-9-18)20(27-22(28)14-15-32-25(27)26-17)13-12-19-10-6-7-11-21(19)30-2/h3-13,20H,14-16H2,1-2H3. The average molecular weight is 449 g/mol. The monoisotopic (exact) mass is 448 g/mol. The maximum Gasteiger partial charge on any atom is 0.338 e. The van der Waals surface area contributed by atoms with Gasteiger partial charge in [0.15, 0.2) is 5.17 Å². The van der Waals surface area contributed by atoms with Crippen LogP contribution in [-0.4, -0.2) is 40.8 Å². The Kier molecular flexibility index (Phi) is 6.75. The second-order valence-electron chi connectivity index (χ2n) is 7.36. The fourth-order valence-electron chi connectivity index (χ4n) is 3.68. The second-order valence-corrected chi connectivity index (χ2v) is 8.43. The number of allylic oxidation sites excluding steroid dienone is 1. The Morgan fingerprint density at radius 3 is 2.72 bits per heavy atom. The molecule has 0 radical (unpaired) electrons. The average Bonchev–Trinajstić information content (AvgIpc) is 2.81. The van der Waals surface area contributed by atoms with Gasteiger partial charge in [-0.1, -0.05) is 72.4 Å². The van der Waals surface area contributed by atoms with E-state index in [1.165, 1.54) is 11.8 Å². The van der Waals surface area contributed by atoms with Crippen LogP contribution in [0.2, 0.25) is 0 Å². The molecule has 0 spiro atoms. The summed E-state index contributed by atoms with van der Waals surface area (Å²) in [7, 11) is 1.61. The highest BCUT2D eigenvalue weighted by Crippen LogP contribution is 2.33. The van der Waals surface area contributed by atoms with Crippen LogP contribution in [0.3, 0.4) is 0 Å². The molecule has 1 amide bonds. The number of methoxy groups -OCH3 is 1. The zero-order valence-corrected chi connectivity index (χ0v) is 18.8. The number of aliphatic imine (C=N–C) groups is 1. The van der Waals surface area contributed by atoms with Crippen molar-refractivity contribution in [1.82, 2.24) is 4.90 Å². The summed E-state index contributed by atoms with van der Waals surface area (Å²) in [5.74, 6) is 0.852. The first-order valence-electron chi connectivity index (χ1n) is 10.3. The molecule has 164 valence electrons. The van der Waals surface area contributed by atoms with Gasteiger partial charge < -0.3 is 9.47 Å². The van der Waals surface area contributed by atoms with Crippen LogP contribution in [0.4, 0.5) is 0 Å². The lowest BCUT2D eigenvalue weighted by molar-refractivity contribution is -0.141. The van der Waals surface area contributed by atoms with Gasteiger partial charge in [-0.2, -0.15) is 0 Å². The normalized spacial score (nSPS) is 18.4. The minimum atomic E-state index is -0.601. The Morgan fingerprint density at radius 1 is 1.19 bits per heavy atom. The molecule has 2 heterocycles. The molecule has 1 atom stereocenters. The van der Waals surface area contributed by atoms with Crippen LogP contribution >= 0.6 is 11.8 Å². The molecular weight excluding hydrogens is 424 g/mol. The van der Waals surface area contributed by atoms with Crippen molar-refractivity contribution in [2.75, 3.05) is 12.9 Å². The molecule has 1 saturated heterocycles. The molecule has 1 fully saturated rings. The van der Waals surface area contributed by atoms with Crippen molar-refractivity contribution in [2.24, 2.45) is 4.99 Å². The zero-order valence-electron chi connectivity index (χ0n) is 18.0. The predicted octanol–water partition coefficient (Wildman–Crippen LogP) is 4.43. The molecule has 4 rings (SSSR count). The molecule has 32 heavy (non-hydrogen) atoms. The summed E-state index contributed by atoms with van der Waals surface area (Å²) in [4.78, 5) is 32.1. The Hall–Kier alpha value is -3.32. The van der Waals surface area contributed by atoms with Crippen LogP contribution < -0.4 is 4.74 Å². The summed E-state index contributed by atoms with van der Waals surface area (Å²) in [5, 5.41) is 0.619. The van der Waals surface area contributed by atoms with E-state index in [-0.39, 0.29) is 12.5 Å². The fraction of sp³-hybridized carbons (Fsp3) is 0.240. The minimum Gasteiger partial charge on any atom is -0.496 e. The molecule has 2 aromatic carbocycles. The molecular formula is C25H24N2O4S. The lowest BCUT2D eigenvalue weighted by atomic mass is 10.00. The van der Waals surface area contributed by atoms with Gasteiger partial charge in [0.2, 0.25) is 5.91 Å². The topological polar surface area (TPSA) is 68.2 Å². The number of benzene rings is 2. The van der Waals surface area contributed by atoms with Crippen molar-refractivity contribution in [3.63, 3.8) is 0 Å². The number of rotatable bonds is 6. The van der Waals surface area contributed by atoms with Gasteiger partial charge in [-0.25, -0.2) is 9.79 Å². The molecule has 0 aliphatic carbocycles. The molecule has 6 nitrogen and oxygen atoms in total. The molecule has 2 aromatic rings. The maximum atomic E-state index is 13.2. The van der Waals surface area contributed by atoms with E-state index in [2.05, 4.69) is 4.99 Å². The number of hydrogen-bond acceptors (Lipinski definition) is 6. The van der Waals surface area contributed by atoms with Crippen LogP contribution in [0, 0.1) is 0 Å². The van der Waals surface area contributed by atoms with Gasteiger partial charge >= 0.3 is 5.97 Å². The summed E-state index contributed by atoms with van der Waals surface area (Å²) in [6, 6.07) is 16.5. The number of ether oxygens (including phenoxy) is 2. The summed E-state index contributed by atoms with van der Waals surface area (Å²) < 4.78 is 11.0. The van der Waals surface area contributed by atoms with Gasteiger partial charge in [0.05, 0.1) is 24.4 Å². The molecule has 7 heteroatoms. The number of amidine groups is 1. The summed E-state index contributed by atoms with van der Waals surface area (Å²) in [6.45, 7) is 1.94. The number of hydrogen-bond donors (Lipinski definition) is 0. The lowest BCUT2D eigenvalue weighted by Crippen LogP contribution is -2.49. The fourth-order valence-corrected chi connectivity index (χ4v) is 4.70. The molecule has 2 aliphatic rings. The van der Waals surface area contributed by atoms with Gasteiger partial charge in [0.1, 0.15) is 12.4 Å². The van der Waals surface area contributed by atoms with Gasteiger partial charge in [0.25, 0.3) is 0 Å². The van der Waals surface area contributed by atoms with E-state index >= 15 is 0 Å². The third-order valence-electron chi connectivity index (χ3n) is 5.28. The number of para-hydroxylation sites is 1. The van der Waals surface area contributed by atoms with Gasteiger partial charge in [-0.15, -0.1) is 0 Å². The third-order valence-corrected chi connectivity index (χ3v) is 6.23. The predicted molar refractivity (Wildman–Crippen MR) is 126 cm³/mol. The van der Waals surface area contributed by atoms with Crippen LogP contribution in [0.25, 0.3) is 6.08 Å². The van der Waals surface area contributed by atoms with Crippen molar-refractivity contribution >= 4 is 34.9 Å². The van der Waals surface area contributed by atoms with Gasteiger partial charge in [-0.3, -0.25) is 9.69 Å². The number of thioether (sulfide) groups is 1. The third kappa shape index (κ3) is 4.62. The van der Waals surface area contributed by atoms with Crippen molar-refractivity contribution in [2.45, 2.75) is 26.0 Å². The zero-order chi connectivity index (χ0) is 22.5. The number of amides is 1. The first-order chi connectivity index (χ1) is 15.6. The van der Waals surface area contributed by atoms with E-state index in [1.807, 2.05) is 66.7 Å². The van der Waals surface area contributed by atoms with Crippen molar-refractivity contribution in [1.29, 1.82) is 0 Å². The van der Waals surface area contributed by atoms with Crippen LogP contribution in [-0.2, 0) is 20.9 Å². The van der Waals surface area contributed by atoms with Gasteiger partial charge in [-0.05, 0) is 18.6 Å². The highest BCUT2D eigenvalue weighted by molar-refractivity contribution is 8.14.